The number of aliphatic hydroxyl groups is 1. The number of piperidine rings is 1. The van der Waals surface area contributed by atoms with Crippen LogP contribution in [0.5, 0.6) is 11.5 Å². The Kier molecular flexibility index (Phi) is 2.94. The van der Waals surface area contributed by atoms with E-state index in [1.165, 1.54) is 16.7 Å². The summed E-state index contributed by atoms with van der Waals surface area (Å²) >= 11 is 0. The normalized spacial score (nSPS) is 34.6. The number of methoxy groups -OCH3 is 2. The molecule has 0 unspecified atom stereocenters. The smallest absolute Gasteiger partial charge is 0.202 e. The summed E-state index contributed by atoms with van der Waals surface area (Å²) in [6.07, 6.45) is 6.00. The van der Waals surface area contributed by atoms with Gasteiger partial charge in [-0.15, -0.1) is 0 Å². The highest BCUT2D eigenvalue weighted by molar-refractivity contribution is 5.69. The van der Waals surface area contributed by atoms with Crippen molar-refractivity contribution >= 4 is 0 Å². The van der Waals surface area contributed by atoms with Crippen molar-refractivity contribution in [3.63, 3.8) is 0 Å². The van der Waals surface area contributed by atoms with Crippen LogP contribution < -0.4 is 9.47 Å². The van der Waals surface area contributed by atoms with Gasteiger partial charge in [-0.1, -0.05) is 12.1 Å². The Bertz CT molecular complexity index is 829. The minimum absolute atomic E-state index is 0.127. The lowest BCUT2D eigenvalue weighted by atomic mass is 9.52. The fourth-order valence-corrected chi connectivity index (χ4v) is 5.60. The molecule has 25 heavy (non-hydrogen) atoms. The first-order chi connectivity index (χ1) is 12.1. The van der Waals surface area contributed by atoms with Gasteiger partial charge in [-0.2, -0.15) is 0 Å². The molecular weight excluding hydrogens is 318 g/mol. The van der Waals surface area contributed by atoms with E-state index in [0.717, 1.165) is 30.9 Å². The van der Waals surface area contributed by atoms with Crippen LogP contribution in [0.4, 0.5) is 0 Å². The van der Waals surface area contributed by atoms with Crippen LogP contribution in [0, 0.1) is 0 Å². The number of allylic oxidation sites excluding steroid dienone is 2. The predicted molar refractivity (Wildman–Crippen MR) is 93.0 cm³/mol. The summed E-state index contributed by atoms with van der Waals surface area (Å²) < 4.78 is 17.8. The van der Waals surface area contributed by atoms with Gasteiger partial charge in [0.05, 0.1) is 26.2 Å². The largest absolute Gasteiger partial charge is 0.497 e. The predicted octanol–water partition coefficient (Wildman–Crippen LogP) is 1.79. The number of likely N-dealkylation sites (tertiary alicyclic amines) is 1. The van der Waals surface area contributed by atoms with E-state index >= 15 is 0 Å². The molecule has 5 nitrogen and oxygen atoms in total. The number of nitrogens with zero attached hydrogens (tertiary/aromatic N) is 1. The number of hydrogen-bond acceptors (Lipinski definition) is 5. The number of hydrogen-bond donors (Lipinski definition) is 1. The van der Waals surface area contributed by atoms with Crippen molar-refractivity contribution in [1.29, 1.82) is 0 Å². The van der Waals surface area contributed by atoms with Gasteiger partial charge in [-0.3, -0.25) is 4.90 Å². The van der Waals surface area contributed by atoms with E-state index in [9.17, 15) is 5.11 Å². The van der Waals surface area contributed by atoms with E-state index in [1.54, 1.807) is 14.2 Å². The Hall–Kier alpha value is -1.98. The first kappa shape index (κ1) is 15.3. The lowest BCUT2D eigenvalue weighted by Crippen LogP contribution is -2.66. The lowest BCUT2D eigenvalue weighted by Gasteiger charge is -2.56. The Morgan fingerprint density at radius 2 is 2.12 bits per heavy atom. The molecule has 1 spiro atoms. The summed E-state index contributed by atoms with van der Waals surface area (Å²) in [7, 11) is 5.50. The minimum Gasteiger partial charge on any atom is -0.497 e. The van der Waals surface area contributed by atoms with Gasteiger partial charge in [0.15, 0.2) is 11.5 Å². The summed E-state index contributed by atoms with van der Waals surface area (Å²) in [5.74, 6) is 2.18. The summed E-state index contributed by atoms with van der Waals surface area (Å²) in [5, 5.41) is 10.6. The van der Waals surface area contributed by atoms with Gasteiger partial charge in [0, 0.05) is 11.6 Å². The third-order valence-corrected chi connectivity index (χ3v) is 6.71. The van der Waals surface area contributed by atoms with Crippen LogP contribution in [0.15, 0.2) is 35.6 Å². The van der Waals surface area contributed by atoms with Gasteiger partial charge in [-0.25, -0.2) is 0 Å². The quantitative estimate of drug-likeness (QED) is 0.908. The Morgan fingerprint density at radius 3 is 2.84 bits per heavy atom. The highest BCUT2D eigenvalue weighted by atomic mass is 16.6. The van der Waals surface area contributed by atoms with Crippen LogP contribution >= 0.6 is 0 Å². The zero-order valence-electron chi connectivity index (χ0n) is 14.8. The number of ether oxygens (including phenoxy) is 3. The van der Waals surface area contributed by atoms with Crippen molar-refractivity contribution < 1.29 is 19.3 Å². The molecule has 2 aliphatic heterocycles. The minimum atomic E-state index is -0.905. The molecule has 1 N–H and O–H groups in total. The van der Waals surface area contributed by atoms with Crippen molar-refractivity contribution in [2.45, 2.75) is 29.9 Å². The van der Waals surface area contributed by atoms with Crippen LogP contribution in [-0.2, 0) is 16.6 Å². The van der Waals surface area contributed by atoms with Crippen molar-refractivity contribution in [1.82, 2.24) is 4.90 Å². The number of likely N-dealkylation sites (N-methyl/N-ethyl adjacent to an activating group) is 1. The van der Waals surface area contributed by atoms with E-state index in [2.05, 4.69) is 24.1 Å². The highest BCUT2D eigenvalue weighted by Crippen LogP contribution is 2.66. The van der Waals surface area contributed by atoms with Crippen LogP contribution in [-0.4, -0.2) is 56.1 Å². The first-order valence-corrected chi connectivity index (χ1v) is 8.80. The molecule has 1 saturated heterocycles. The maximum Gasteiger partial charge on any atom is 0.202 e. The van der Waals surface area contributed by atoms with Crippen LogP contribution in [0.25, 0.3) is 0 Å². The molecule has 1 aromatic carbocycles. The fraction of sp³-hybridized carbons (Fsp3) is 0.500. The molecule has 2 bridgehead atoms. The summed E-state index contributed by atoms with van der Waals surface area (Å²) in [6.45, 7) is 0.831. The molecule has 0 saturated carbocycles. The van der Waals surface area contributed by atoms with E-state index in [0.29, 0.717) is 11.8 Å². The van der Waals surface area contributed by atoms with Gasteiger partial charge in [0.2, 0.25) is 5.60 Å². The Morgan fingerprint density at radius 1 is 1.28 bits per heavy atom. The van der Waals surface area contributed by atoms with Crippen LogP contribution in [0.3, 0.4) is 0 Å². The third-order valence-electron chi connectivity index (χ3n) is 6.71. The van der Waals surface area contributed by atoms with Crippen LogP contribution in [0.2, 0.25) is 0 Å². The van der Waals surface area contributed by atoms with E-state index < -0.39 is 5.60 Å². The lowest BCUT2D eigenvalue weighted by molar-refractivity contribution is -0.0491. The molecule has 0 aromatic heterocycles. The van der Waals surface area contributed by atoms with E-state index in [-0.39, 0.29) is 12.0 Å². The standard InChI is InChI=1S/C20H23NO4/c1-21-9-8-19-13-5-7-16(24-3)20(19,11-22)25-18-15(23-2)6-4-12(17(18)19)10-14(13)21/h4-7,14,22H,8-11H2,1-3H3/t14-,19+,20+/m1/s1. The van der Waals surface area contributed by atoms with Gasteiger partial charge in [0.1, 0.15) is 5.76 Å². The molecule has 2 heterocycles. The second kappa shape index (κ2) is 4.80. The molecule has 0 radical (unpaired) electrons. The Balaban J connectivity index is 1.89. The maximum absolute atomic E-state index is 10.6. The van der Waals surface area contributed by atoms with Crippen LogP contribution in [0.1, 0.15) is 17.5 Å². The topological polar surface area (TPSA) is 51.2 Å². The second-order valence-corrected chi connectivity index (χ2v) is 7.43. The second-order valence-electron chi connectivity index (χ2n) is 7.43. The summed E-state index contributed by atoms with van der Waals surface area (Å²) in [6, 6.07) is 4.46. The third kappa shape index (κ3) is 1.49. The molecule has 132 valence electrons. The molecule has 2 aliphatic carbocycles. The SMILES string of the molecule is COC1=CC=C2[C@H]3Cc4ccc(OC)c5c4[C@@]2(CCN3C)[C@@]1(CO)O5. The summed E-state index contributed by atoms with van der Waals surface area (Å²) in [5.41, 5.74) is 2.53. The van der Waals surface area contributed by atoms with E-state index in [4.69, 9.17) is 14.2 Å². The zero-order valence-corrected chi connectivity index (χ0v) is 14.8. The molecule has 5 heteroatoms. The van der Waals surface area contributed by atoms with Crippen molar-refractivity contribution in [3.8, 4) is 11.5 Å². The van der Waals surface area contributed by atoms with Gasteiger partial charge < -0.3 is 19.3 Å². The zero-order chi connectivity index (χ0) is 17.4. The highest BCUT2D eigenvalue weighted by Gasteiger charge is 2.70. The van der Waals surface area contributed by atoms with Crippen molar-refractivity contribution in [2.75, 3.05) is 34.4 Å². The number of aliphatic hydroxyl groups excluding tert-OH is 1. The van der Waals surface area contributed by atoms with Gasteiger partial charge in [0.25, 0.3) is 0 Å². The molecule has 1 fully saturated rings. The fourth-order valence-electron chi connectivity index (χ4n) is 5.60. The van der Waals surface area contributed by atoms with Gasteiger partial charge >= 0.3 is 0 Å². The molecule has 4 aliphatic rings. The molecule has 3 atom stereocenters. The van der Waals surface area contributed by atoms with Gasteiger partial charge in [-0.05, 0) is 49.7 Å². The first-order valence-electron chi connectivity index (χ1n) is 8.80. The number of rotatable bonds is 3. The molecule has 1 aromatic rings. The molecule has 0 amide bonds. The summed E-state index contributed by atoms with van der Waals surface area (Å²) in [4.78, 5) is 2.41. The van der Waals surface area contributed by atoms with Crippen molar-refractivity contribution in [2.24, 2.45) is 0 Å². The average molecular weight is 341 g/mol. The van der Waals surface area contributed by atoms with E-state index in [1.807, 2.05) is 12.1 Å². The Labute approximate surface area is 147 Å². The van der Waals surface area contributed by atoms with Crippen molar-refractivity contribution in [3.05, 3.63) is 46.7 Å². The maximum atomic E-state index is 10.6. The average Bonchev–Trinajstić information content (AvgIpc) is 2.95. The molecular formula is C20H23NO4. The monoisotopic (exact) mass is 341 g/mol. The number of benzene rings is 1. The molecule has 5 rings (SSSR count).